The molecule has 2 bridgehead atoms. The van der Waals surface area contributed by atoms with Crippen LogP contribution >= 0.6 is 0 Å². The third-order valence-corrected chi connectivity index (χ3v) is 8.70. The van der Waals surface area contributed by atoms with E-state index in [4.69, 9.17) is 30.1 Å². The molecule has 2 aromatic carbocycles. The van der Waals surface area contributed by atoms with Crippen molar-refractivity contribution in [2.24, 2.45) is 11.1 Å². The van der Waals surface area contributed by atoms with Gasteiger partial charge in [0.15, 0.2) is 0 Å². The second-order valence-electron chi connectivity index (χ2n) is 10.6. The third-order valence-electron chi connectivity index (χ3n) is 8.31. The molecule has 2 saturated heterocycles. The minimum absolute atomic E-state index is 0. The number of nitrogens with one attached hydrogen (secondary N) is 1. The van der Waals surface area contributed by atoms with Crippen LogP contribution in [-0.4, -0.2) is 90.9 Å². The summed E-state index contributed by atoms with van der Waals surface area (Å²) in [5, 5.41) is 23.4. The van der Waals surface area contributed by atoms with Crippen LogP contribution in [0.25, 0.3) is 10.8 Å². The Bertz CT molecular complexity index is 1130. The molecule has 2 aliphatic rings. The monoisotopic (exact) mass is 683 g/mol. The summed E-state index contributed by atoms with van der Waals surface area (Å²) in [5.74, 6) is 1.30. The molecule has 1 amide bonds. The van der Waals surface area contributed by atoms with E-state index < -0.39 is 6.10 Å². The van der Waals surface area contributed by atoms with Crippen molar-refractivity contribution in [3.05, 3.63) is 48.0 Å². The second kappa shape index (κ2) is 17.8. The Morgan fingerprint density at radius 1 is 1.15 bits per heavy atom. The molecule has 2 fully saturated rings. The van der Waals surface area contributed by atoms with Crippen molar-refractivity contribution < 1.29 is 40.3 Å². The zero-order valence-corrected chi connectivity index (χ0v) is 27.4. The SMILES string of the molecule is CC/C(=N\OC)[C@@H]1C2C([O-])CC(C[C@H]1c1ccc3ccccc3c1)N2CCCN(CC[S-])CC(=O)NCC[S-].[98Tc+5].[O-2]. The molecule has 2 aliphatic heterocycles. The van der Waals surface area contributed by atoms with Crippen molar-refractivity contribution in [1.82, 2.24) is 15.1 Å². The van der Waals surface area contributed by atoms with Gasteiger partial charge in [0.05, 0.1) is 12.3 Å². The number of rotatable bonds is 14. The quantitative estimate of drug-likeness (QED) is 0.185. The summed E-state index contributed by atoms with van der Waals surface area (Å²) in [7, 11) is 1.59. The van der Waals surface area contributed by atoms with Crippen LogP contribution in [0.5, 0.6) is 0 Å². The number of hydrogen-bond donors (Lipinski definition) is 1. The number of benzene rings is 2. The first-order valence-corrected chi connectivity index (χ1v) is 15.3. The largest absolute Gasteiger partial charge is 5.00 e. The van der Waals surface area contributed by atoms with Gasteiger partial charge in [0.25, 0.3) is 0 Å². The minimum atomic E-state index is -0.660. The van der Waals surface area contributed by atoms with Gasteiger partial charge in [-0.15, -0.1) is 6.10 Å². The van der Waals surface area contributed by atoms with Gasteiger partial charge >= 0.3 is 20.1 Å². The Morgan fingerprint density at radius 2 is 1.90 bits per heavy atom. The van der Waals surface area contributed by atoms with Gasteiger partial charge in [0, 0.05) is 18.0 Å². The standard InChI is InChI=1S/C30H43N4O3S2.O.Tc/c1-3-26(32-37-2)29-25(23-10-9-21-7-4-5-8-22(21)17-23)18-24-19-27(35)30(29)34(24)13-6-12-33(14-16-39)20-28(36)31-11-15-38;;/h4-5,7-10,17,24-25,27,29-30,38-39H,3,6,11-16,18-20H2,1-2H3,(H,31,36);;/q-1;-2;+5/p-2/b32-26+;;/t24?,25-,27?,29+,30?;;/m0../s1/i;;1+0. The maximum absolute atomic E-state index is 13.6. The van der Waals surface area contributed by atoms with Crippen molar-refractivity contribution in [2.45, 2.75) is 56.7 Å². The van der Waals surface area contributed by atoms with Crippen LogP contribution in [0.3, 0.4) is 0 Å². The van der Waals surface area contributed by atoms with E-state index in [1.807, 2.05) is 0 Å². The molecule has 2 heterocycles. The van der Waals surface area contributed by atoms with E-state index in [1.165, 1.54) is 16.3 Å². The number of carbonyl (C=O) groups is 1. The van der Waals surface area contributed by atoms with Crippen LogP contribution in [0, 0.1) is 5.92 Å². The number of nitrogens with zero attached hydrogens (tertiary/aromatic N) is 3. The maximum atomic E-state index is 13.6. The van der Waals surface area contributed by atoms with Crippen LogP contribution < -0.4 is 10.4 Å². The molecule has 0 aromatic heterocycles. The normalized spacial score (nSPS) is 24.1. The molecular weight excluding hydrogens is 642 g/mol. The first-order chi connectivity index (χ1) is 19.0. The van der Waals surface area contributed by atoms with Crippen molar-refractivity contribution in [1.29, 1.82) is 0 Å². The van der Waals surface area contributed by atoms with Crippen molar-refractivity contribution in [2.75, 3.05) is 51.3 Å². The number of piperidine rings is 1. The minimum Gasteiger partial charge on any atom is -2.00 e. The predicted octanol–water partition coefficient (Wildman–Crippen LogP) is 2.31. The topological polar surface area (TPSA) is 109 Å². The molecule has 0 saturated carbocycles. The van der Waals surface area contributed by atoms with Crippen LogP contribution in [0.1, 0.15) is 44.1 Å². The average Bonchev–Trinajstić information content (AvgIpc) is 3.15. The summed E-state index contributed by atoms with van der Waals surface area (Å²) in [6.45, 7) is 5.23. The molecule has 2 aromatic rings. The number of fused-ring (bicyclic) bond motifs is 3. The molecule has 4 rings (SSSR count). The fourth-order valence-electron chi connectivity index (χ4n) is 6.69. The van der Waals surface area contributed by atoms with Crippen molar-refractivity contribution in [3.8, 4) is 0 Å². The molecule has 41 heavy (non-hydrogen) atoms. The molecule has 1 N–H and O–H groups in total. The third kappa shape index (κ3) is 8.92. The molecule has 0 spiro atoms. The average molecular weight is 684 g/mol. The summed E-state index contributed by atoms with van der Waals surface area (Å²) < 4.78 is 0. The van der Waals surface area contributed by atoms with E-state index in [9.17, 15) is 9.90 Å². The summed E-state index contributed by atoms with van der Waals surface area (Å²) in [6.07, 6.45) is 2.55. The number of carbonyl (C=O) groups excluding carboxylic acids is 1. The summed E-state index contributed by atoms with van der Waals surface area (Å²) in [6, 6.07) is 15.3. The summed E-state index contributed by atoms with van der Waals surface area (Å²) in [5.41, 5.74) is 2.25. The predicted molar refractivity (Wildman–Crippen MR) is 161 cm³/mol. The van der Waals surface area contributed by atoms with Gasteiger partial charge in [0.1, 0.15) is 7.11 Å². The van der Waals surface area contributed by atoms with Gasteiger partial charge in [-0.25, -0.2) is 0 Å². The van der Waals surface area contributed by atoms with Gasteiger partial charge < -0.3 is 46.0 Å². The smallest absolute Gasteiger partial charge is 2.00 e. The van der Waals surface area contributed by atoms with Crippen LogP contribution in [0.15, 0.2) is 47.6 Å². The van der Waals surface area contributed by atoms with Crippen LogP contribution in [0.4, 0.5) is 0 Å². The van der Waals surface area contributed by atoms with Gasteiger partial charge in [-0.2, -0.15) is 11.5 Å². The van der Waals surface area contributed by atoms with E-state index >= 15 is 0 Å². The Balaban J connectivity index is 0.00000294. The maximum Gasteiger partial charge on any atom is 5.00 e. The molecule has 8 nitrogen and oxygen atoms in total. The fourth-order valence-corrected chi connectivity index (χ4v) is 7.05. The number of hydrogen-bond acceptors (Lipinski definition) is 8. The van der Waals surface area contributed by atoms with Gasteiger partial charge in [-0.05, 0) is 74.1 Å². The molecular formula is C30H41N4O4S2Tc. The van der Waals surface area contributed by atoms with E-state index in [0.717, 1.165) is 38.1 Å². The molecule has 224 valence electrons. The first kappa shape index (κ1) is 36.0. The van der Waals surface area contributed by atoms with E-state index in [-0.39, 0.29) is 55.4 Å². The molecule has 5 atom stereocenters. The van der Waals surface area contributed by atoms with Gasteiger partial charge in [-0.1, -0.05) is 54.5 Å². The molecule has 0 aliphatic carbocycles. The van der Waals surface area contributed by atoms with Crippen LogP contribution in [0.2, 0.25) is 0 Å². The van der Waals surface area contributed by atoms with Gasteiger partial charge in [0.2, 0.25) is 5.91 Å². The first-order valence-electron chi connectivity index (χ1n) is 14.2. The Morgan fingerprint density at radius 3 is 2.59 bits per heavy atom. The van der Waals surface area contributed by atoms with E-state index in [2.05, 4.69) is 69.7 Å². The zero-order chi connectivity index (χ0) is 27.8. The summed E-state index contributed by atoms with van der Waals surface area (Å²) in [4.78, 5) is 22.1. The molecule has 11 heteroatoms. The van der Waals surface area contributed by atoms with E-state index in [0.29, 0.717) is 37.6 Å². The van der Waals surface area contributed by atoms with E-state index in [1.54, 1.807) is 7.11 Å². The second-order valence-corrected chi connectivity index (χ2v) is 11.5. The van der Waals surface area contributed by atoms with Crippen molar-refractivity contribution >= 4 is 47.6 Å². The Hall–Kier alpha value is -1.17. The van der Waals surface area contributed by atoms with Gasteiger partial charge in [-0.3, -0.25) is 14.6 Å². The number of oxime groups is 1. The summed E-state index contributed by atoms with van der Waals surface area (Å²) >= 11 is 10.1. The van der Waals surface area contributed by atoms with Crippen LogP contribution in [-0.2, 0) is 60.5 Å². The van der Waals surface area contributed by atoms with Crippen molar-refractivity contribution in [3.63, 3.8) is 0 Å². The zero-order valence-electron chi connectivity index (χ0n) is 23.9. The Labute approximate surface area is 269 Å². The molecule has 3 unspecified atom stereocenters. The fraction of sp³-hybridized carbons (Fsp3) is 0.600. The molecule has 0 radical (unpaired) electrons. The Kier molecular flexibility index (Phi) is 15.7. The number of amides is 1.